The molecule has 0 aliphatic rings. The van der Waals surface area contributed by atoms with Crippen molar-refractivity contribution >= 4 is 0 Å². The molecule has 1 atom stereocenters. The van der Waals surface area contributed by atoms with Gasteiger partial charge in [-0.3, -0.25) is 0 Å². The Morgan fingerprint density at radius 2 is 1.73 bits per heavy atom. The van der Waals surface area contributed by atoms with Crippen LogP contribution in [-0.4, -0.2) is 18.5 Å². The molecule has 11 heavy (non-hydrogen) atoms. The SMILES string of the molecule is CC(C)C(C)NCC(C)(F)F. The Balaban J connectivity index is 3.54. The van der Waals surface area contributed by atoms with Crippen molar-refractivity contribution in [3.63, 3.8) is 0 Å². The second kappa shape index (κ2) is 4.00. The van der Waals surface area contributed by atoms with Crippen LogP contribution in [0.15, 0.2) is 0 Å². The molecule has 0 heterocycles. The second-order valence-electron chi connectivity index (χ2n) is 3.48. The van der Waals surface area contributed by atoms with Crippen molar-refractivity contribution in [2.45, 2.75) is 39.7 Å². The maximum Gasteiger partial charge on any atom is 0.257 e. The van der Waals surface area contributed by atoms with Gasteiger partial charge in [0.15, 0.2) is 0 Å². The summed E-state index contributed by atoms with van der Waals surface area (Å²) in [5.41, 5.74) is 0. The van der Waals surface area contributed by atoms with Crippen LogP contribution in [0, 0.1) is 5.92 Å². The maximum atomic E-state index is 12.3. The van der Waals surface area contributed by atoms with Gasteiger partial charge in [-0.15, -0.1) is 0 Å². The molecule has 0 fully saturated rings. The molecule has 1 nitrogen and oxygen atoms in total. The Bertz CT molecular complexity index is 107. The van der Waals surface area contributed by atoms with Crippen LogP contribution in [0.5, 0.6) is 0 Å². The summed E-state index contributed by atoms with van der Waals surface area (Å²) >= 11 is 0. The monoisotopic (exact) mass is 165 g/mol. The number of hydrogen-bond acceptors (Lipinski definition) is 1. The average Bonchev–Trinajstić information content (AvgIpc) is 1.80. The molecule has 0 spiro atoms. The summed E-state index contributed by atoms with van der Waals surface area (Å²) in [6, 6.07) is 0.154. The van der Waals surface area contributed by atoms with E-state index in [0.29, 0.717) is 5.92 Å². The number of hydrogen-bond donors (Lipinski definition) is 1. The van der Waals surface area contributed by atoms with E-state index in [4.69, 9.17) is 0 Å². The summed E-state index contributed by atoms with van der Waals surface area (Å²) < 4.78 is 24.6. The first-order valence-electron chi connectivity index (χ1n) is 3.94. The Hall–Kier alpha value is -0.180. The van der Waals surface area contributed by atoms with Crippen LogP contribution >= 0.6 is 0 Å². The molecular formula is C8H17F2N. The van der Waals surface area contributed by atoms with Gasteiger partial charge in [0, 0.05) is 13.0 Å². The highest BCUT2D eigenvalue weighted by Crippen LogP contribution is 2.10. The Labute approximate surface area is 67.2 Å². The van der Waals surface area contributed by atoms with E-state index in [1.807, 2.05) is 20.8 Å². The van der Waals surface area contributed by atoms with Crippen molar-refractivity contribution < 1.29 is 8.78 Å². The lowest BCUT2D eigenvalue weighted by Gasteiger charge is -2.19. The summed E-state index contributed by atoms with van der Waals surface area (Å²) in [5.74, 6) is -2.19. The molecule has 1 unspecified atom stereocenters. The molecule has 0 aliphatic heterocycles. The molecule has 0 aromatic rings. The highest BCUT2D eigenvalue weighted by molar-refractivity contribution is 4.69. The molecule has 0 radical (unpaired) electrons. The summed E-state index contributed by atoms with van der Waals surface area (Å²) in [6.45, 7) is 6.62. The average molecular weight is 165 g/mol. The van der Waals surface area contributed by atoms with Gasteiger partial charge in [0.25, 0.3) is 5.92 Å². The first-order chi connectivity index (χ1) is 4.83. The fourth-order valence-electron chi connectivity index (χ4n) is 0.576. The van der Waals surface area contributed by atoms with Crippen LogP contribution in [-0.2, 0) is 0 Å². The summed E-state index contributed by atoms with van der Waals surface area (Å²) in [7, 11) is 0. The fraction of sp³-hybridized carbons (Fsp3) is 1.00. The zero-order chi connectivity index (χ0) is 9.07. The van der Waals surface area contributed by atoms with Crippen LogP contribution in [0.1, 0.15) is 27.7 Å². The zero-order valence-electron chi connectivity index (χ0n) is 7.62. The molecule has 0 saturated heterocycles. The molecule has 0 bridgehead atoms. The van der Waals surface area contributed by atoms with Gasteiger partial charge in [-0.05, 0) is 12.8 Å². The van der Waals surface area contributed by atoms with E-state index in [2.05, 4.69) is 5.32 Å². The topological polar surface area (TPSA) is 12.0 Å². The predicted molar refractivity (Wildman–Crippen MR) is 42.9 cm³/mol. The van der Waals surface area contributed by atoms with Crippen LogP contribution in [0.4, 0.5) is 8.78 Å². The minimum absolute atomic E-state index is 0.154. The Morgan fingerprint density at radius 3 is 2.00 bits per heavy atom. The van der Waals surface area contributed by atoms with Crippen molar-refractivity contribution in [3.05, 3.63) is 0 Å². The van der Waals surface area contributed by atoms with Crippen molar-refractivity contribution in [1.82, 2.24) is 5.32 Å². The Kier molecular flexibility index (Phi) is 3.93. The summed E-state index contributed by atoms with van der Waals surface area (Å²) in [4.78, 5) is 0. The molecule has 1 N–H and O–H groups in total. The number of alkyl halides is 2. The van der Waals surface area contributed by atoms with Gasteiger partial charge in [-0.1, -0.05) is 13.8 Å². The van der Waals surface area contributed by atoms with Crippen LogP contribution in [0.25, 0.3) is 0 Å². The van der Waals surface area contributed by atoms with Crippen LogP contribution < -0.4 is 5.32 Å². The minimum atomic E-state index is -2.59. The highest BCUT2D eigenvalue weighted by Gasteiger charge is 2.21. The van der Waals surface area contributed by atoms with E-state index in [0.717, 1.165) is 6.92 Å². The molecule has 0 aromatic heterocycles. The first-order valence-corrected chi connectivity index (χ1v) is 3.94. The van der Waals surface area contributed by atoms with E-state index in [1.54, 1.807) is 0 Å². The molecule has 0 aliphatic carbocycles. The third-order valence-electron chi connectivity index (χ3n) is 1.73. The van der Waals surface area contributed by atoms with E-state index >= 15 is 0 Å². The van der Waals surface area contributed by atoms with Crippen LogP contribution in [0.3, 0.4) is 0 Å². The molecule has 3 heteroatoms. The van der Waals surface area contributed by atoms with Gasteiger partial charge >= 0.3 is 0 Å². The lowest BCUT2D eigenvalue weighted by molar-refractivity contribution is 0.0190. The predicted octanol–water partition coefficient (Wildman–Crippen LogP) is 2.28. The van der Waals surface area contributed by atoms with Gasteiger partial charge in [0.05, 0.1) is 6.54 Å². The Morgan fingerprint density at radius 1 is 1.27 bits per heavy atom. The van der Waals surface area contributed by atoms with Gasteiger partial charge in [0.1, 0.15) is 0 Å². The largest absolute Gasteiger partial charge is 0.308 e. The second-order valence-corrected chi connectivity index (χ2v) is 3.48. The fourth-order valence-corrected chi connectivity index (χ4v) is 0.576. The molecular weight excluding hydrogens is 148 g/mol. The first kappa shape index (κ1) is 10.8. The van der Waals surface area contributed by atoms with Crippen molar-refractivity contribution in [2.24, 2.45) is 5.92 Å². The van der Waals surface area contributed by atoms with Gasteiger partial charge in [-0.2, -0.15) is 0 Å². The number of rotatable bonds is 4. The summed E-state index contributed by atoms with van der Waals surface area (Å²) in [6.07, 6.45) is 0. The lowest BCUT2D eigenvalue weighted by Crippen LogP contribution is -2.38. The third-order valence-corrected chi connectivity index (χ3v) is 1.73. The quantitative estimate of drug-likeness (QED) is 0.673. The van der Waals surface area contributed by atoms with Gasteiger partial charge in [-0.25, -0.2) is 8.78 Å². The third kappa shape index (κ3) is 6.23. The number of halogens is 2. The van der Waals surface area contributed by atoms with Gasteiger partial charge < -0.3 is 5.32 Å². The van der Waals surface area contributed by atoms with Crippen molar-refractivity contribution in [3.8, 4) is 0 Å². The number of nitrogens with one attached hydrogen (secondary N) is 1. The van der Waals surface area contributed by atoms with Gasteiger partial charge in [0.2, 0.25) is 0 Å². The normalized spacial score (nSPS) is 15.5. The zero-order valence-corrected chi connectivity index (χ0v) is 7.62. The molecule has 0 saturated carbocycles. The minimum Gasteiger partial charge on any atom is -0.308 e. The molecule has 0 rings (SSSR count). The van der Waals surface area contributed by atoms with Crippen molar-refractivity contribution in [2.75, 3.05) is 6.54 Å². The van der Waals surface area contributed by atoms with E-state index < -0.39 is 5.92 Å². The van der Waals surface area contributed by atoms with E-state index in [9.17, 15) is 8.78 Å². The smallest absolute Gasteiger partial charge is 0.257 e. The summed E-state index contributed by atoms with van der Waals surface area (Å²) in [5, 5.41) is 2.77. The van der Waals surface area contributed by atoms with E-state index in [-0.39, 0.29) is 12.6 Å². The molecule has 68 valence electrons. The lowest BCUT2D eigenvalue weighted by atomic mass is 10.1. The van der Waals surface area contributed by atoms with E-state index in [1.165, 1.54) is 0 Å². The highest BCUT2D eigenvalue weighted by atomic mass is 19.3. The molecule has 0 amide bonds. The molecule has 0 aromatic carbocycles. The standard InChI is InChI=1S/C8H17F2N/c1-6(2)7(3)11-5-8(4,9)10/h6-7,11H,5H2,1-4H3. The van der Waals surface area contributed by atoms with Crippen LogP contribution in [0.2, 0.25) is 0 Å². The van der Waals surface area contributed by atoms with Crippen molar-refractivity contribution in [1.29, 1.82) is 0 Å². The maximum absolute atomic E-state index is 12.3.